The number of rotatable bonds is 13. The van der Waals surface area contributed by atoms with Crippen LogP contribution in [-0.2, 0) is 14.4 Å². The molecular weight excluding hydrogens is 678 g/mol. The highest BCUT2D eigenvalue weighted by Crippen LogP contribution is 2.68. The summed E-state index contributed by atoms with van der Waals surface area (Å²) in [5, 5.41) is 10.5. The van der Waals surface area contributed by atoms with Gasteiger partial charge >= 0.3 is 0 Å². The molecule has 0 aliphatic carbocycles. The summed E-state index contributed by atoms with van der Waals surface area (Å²) in [4.78, 5) is 49.7. The first-order valence-electron chi connectivity index (χ1n) is 16.3. The minimum absolute atomic E-state index is 0.0909. The molecule has 3 aliphatic heterocycles. The molecule has 3 fully saturated rings. The third-order valence-corrected chi connectivity index (χ3v) is 13.1. The first kappa shape index (κ1) is 35.2. The Morgan fingerprint density at radius 1 is 1.11 bits per heavy atom. The second kappa shape index (κ2) is 14.2. The molecule has 3 amide bonds. The lowest BCUT2D eigenvalue weighted by Crippen LogP contribution is -2.59. The third kappa shape index (κ3) is 6.06. The zero-order chi connectivity index (χ0) is 34.2. The summed E-state index contributed by atoms with van der Waals surface area (Å²) in [6.07, 6.45) is 3.93. The second-order valence-corrected chi connectivity index (χ2v) is 15.8. The Morgan fingerprint density at radius 3 is 2.36 bits per heavy atom. The molecule has 10 heteroatoms. The lowest BCUT2D eigenvalue weighted by molar-refractivity contribution is -0.142. The maximum absolute atomic E-state index is 15.1. The molecule has 0 radical (unpaired) electrons. The number of aryl methyl sites for hydroxylation is 2. The zero-order valence-electron chi connectivity index (χ0n) is 27.9. The summed E-state index contributed by atoms with van der Waals surface area (Å²) in [6, 6.07) is 11.9. The van der Waals surface area contributed by atoms with Crippen molar-refractivity contribution < 1.29 is 24.2 Å². The number of benzene rings is 2. The first-order chi connectivity index (χ1) is 22.4. The van der Waals surface area contributed by atoms with Crippen molar-refractivity contribution in [3.8, 4) is 5.75 Å². The van der Waals surface area contributed by atoms with Crippen LogP contribution in [0, 0.1) is 31.6 Å². The SMILES string of the molecule is C=CCN(C(=O)[C@H]1[C@H]2C(=O)N([C@@H](CO)C(C)C)C(C(=O)N(CC=C)c3cc(C)ccc3C)C23CC(Br)[C@@H]1S3)c1ccc(OCC)cc1. The van der Waals surface area contributed by atoms with Crippen molar-refractivity contribution in [1.29, 1.82) is 0 Å². The van der Waals surface area contributed by atoms with E-state index in [-0.39, 0.29) is 53.4 Å². The average molecular weight is 725 g/mol. The first-order valence-corrected chi connectivity index (χ1v) is 18.1. The second-order valence-electron chi connectivity index (χ2n) is 13.1. The number of likely N-dealkylation sites (tertiary alicyclic amines) is 1. The minimum atomic E-state index is -0.884. The molecule has 1 spiro atoms. The largest absolute Gasteiger partial charge is 0.494 e. The number of anilines is 2. The summed E-state index contributed by atoms with van der Waals surface area (Å²) in [7, 11) is 0. The zero-order valence-corrected chi connectivity index (χ0v) is 30.3. The van der Waals surface area contributed by atoms with Crippen molar-refractivity contribution in [3.05, 3.63) is 78.9 Å². The summed E-state index contributed by atoms with van der Waals surface area (Å²) in [5.74, 6) is -1.47. The van der Waals surface area contributed by atoms with Crippen LogP contribution in [-0.4, -0.2) is 80.9 Å². The van der Waals surface area contributed by atoms with Gasteiger partial charge in [-0.05, 0) is 74.6 Å². The number of aliphatic hydroxyl groups is 1. The van der Waals surface area contributed by atoms with Crippen LogP contribution in [0.4, 0.5) is 11.4 Å². The maximum atomic E-state index is 15.1. The Balaban J connectivity index is 1.62. The molecule has 2 aromatic rings. The predicted molar refractivity (Wildman–Crippen MR) is 193 cm³/mol. The maximum Gasteiger partial charge on any atom is 0.251 e. The van der Waals surface area contributed by atoms with E-state index < -0.39 is 28.7 Å². The monoisotopic (exact) mass is 723 g/mol. The van der Waals surface area contributed by atoms with Gasteiger partial charge in [-0.2, -0.15) is 0 Å². The molecule has 8 nitrogen and oxygen atoms in total. The minimum Gasteiger partial charge on any atom is -0.494 e. The van der Waals surface area contributed by atoms with E-state index in [1.54, 1.807) is 38.6 Å². The summed E-state index contributed by atoms with van der Waals surface area (Å²) < 4.78 is 4.75. The lowest BCUT2D eigenvalue weighted by Gasteiger charge is -2.41. The fraction of sp³-hybridized carbons (Fsp3) is 0.486. The number of alkyl halides is 1. The number of carbonyl (C=O) groups is 3. The number of halogens is 1. The Hall–Kier alpha value is -3.08. The molecule has 3 aliphatic rings. The van der Waals surface area contributed by atoms with Crippen molar-refractivity contribution in [2.75, 3.05) is 36.1 Å². The van der Waals surface area contributed by atoms with Gasteiger partial charge in [0.15, 0.2) is 0 Å². The molecule has 47 heavy (non-hydrogen) atoms. The molecule has 3 saturated heterocycles. The molecule has 0 saturated carbocycles. The molecule has 7 atom stereocenters. The van der Waals surface area contributed by atoms with Crippen molar-refractivity contribution in [1.82, 2.24) is 4.90 Å². The van der Waals surface area contributed by atoms with Crippen molar-refractivity contribution in [2.45, 2.75) is 67.9 Å². The Kier molecular flexibility index (Phi) is 10.6. The van der Waals surface area contributed by atoms with Crippen molar-refractivity contribution in [3.63, 3.8) is 0 Å². The van der Waals surface area contributed by atoms with E-state index >= 15 is 4.79 Å². The average Bonchev–Trinajstić information content (AvgIpc) is 3.63. The number of hydrogen-bond acceptors (Lipinski definition) is 6. The standard InChI is InChI=1S/C37H46BrN3O5S/c1-8-17-39(25-13-15-26(16-14-25)46-10-3)34(43)30-31-35(44)41(29(21-42)22(4)5)33(37(31)20-27(38)32(30)47-37)36(45)40(18-9-2)28-19-23(6)11-12-24(28)7/h8-9,11-16,19,22,27,29-33,42H,1-2,10,17-18,20-21H2,3-7H3/t27?,29-,30-,31-,32-,33?,37?/m0/s1. The number of fused-ring (bicyclic) bond motifs is 1. The Morgan fingerprint density at radius 2 is 1.77 bits per heavy atom. The summed E-state index contributed by atoms with van der Waals surface area (Å²) in [5.41, 5.74) is 3.39. The highest BCUT2D eigenvalue weighted by atomic mass is 79.9. The summed E-state index contributed by atoms with van der Waals surface area (Å²) >= 11 is 5.49. The number of hydrogen-bond donors (Lipinski definition) is 1. The van der Waals surface area contributed by atoms with E-state index in [0.717, 1.165) is 16.8 Å². The fourth-order valence-corrected chi connectivity index (χ4v) is 11.3. The number of ether oxygens (including phenoxy) is 1. The van der Waals surface area contributed by atoms with E-state index in [9.17, 15) is 14.7 Å². The van der Waals surface area contributed by atoms with E-state index in [1.165, 1.54) is 0 Å². The van der Waals surface area contributed by atoms with Crippen LogP contribution in [0.3, 0.4) is 0 Å². The molecular formula is C37H46BrN3O5S. The number of nitrogens with zero attached hydrogens (tertiary/aromatic N) is 3. The van der Waals surface area contributed by atoms with Gasteiger partial charge in [-0.1, -0.05) is 54.1 Å². The number of carbonyl (C=O) groups excluding carboxylic acids is 3. The van der Waals surface area contributed by atoms with Gasteiger partial charge in [0.25, 0.3) is 5.91 Å². The number of thioether (sulfide) groups is 1. The molecule has 0 aromatic heterocycles. The fourth-order valence-electron chi connectivity index (χ4n) is 7.72. The van der Waals surface area contributed by atoms with Crippen LogP contribution < -0.4 is 14.5 Å². The van der Waals surface area contributed by atoms with Gasteiger partial charge in [0.2, 0.25) is 11.8 Å². The summed E-state index contributed by atoms with van der Waals surface area (Å²) in [6.45, 7) is 18.4. The van der Waals surface area contributed by atoms with Crippen molar-refractivity contribution in [2.24, 2.45) is 17.8 Å². The van der Waals surface area contributed by atoms with Crippen LogP contribution in [0.1, 0.15) is 38.3 Å². The van der Waals surface area contributed by atoms with E-state index in [4.69, 9.17) is 4.74 Å². The molecule has 2 bridgehead atoms. The topological polar surface area (TPSA) is 90.4 Å². The van der Waals surface area contributed by atoms with Gasteiger partial charge in [-0.15, -0.1) is 24.9 Å². The van der Waals surface area contributed by atoms with Crippen LogP contribution in [0.5, 0.6) is 5.75 Å². The van der Waals surface area contributed by atoms with Crippen LogP contribution in [0.15, 0.2) is 67.8 Å². The molecule has 5 rings (SSSR count). The van der Waals surface area contributed by atoms with Crippen molar-refractivity contribution >= 4 is 56.8 Å². The molecule has 1 N–H and O–H groups in total. The van der Waals surface area contributed by atoms with Crippen LogP contribution >= 0.6 is 27.7 Å². The van der Waals surface area contributed by atoms with E-state index in [2.05, 4.69) is 29.1 Å². The number of aliphatic hydroxyl groups excluding tert-OH is 1. The molecule has 252 valence electrons. The highest BCUT2D eigenvalue weighted by molar-refractivity contribution is 9.09. The van der Waals surface area contributed by atoms with E-state index in [1.807, 2.05) is 77.1 Å². The van der Waals surface area contributed by atoms with Gasteiger partial charge in [0.1, 0.15) is 11.8 Å². The Bertz CT molecular complexity index is 1530. The number of amides is 3. The quantitative estimate of drug-likeness (QED) is 0.204. The third-order valence-electron chi connectivity index (χ3n) is 9.83. The van der Waals surface area contributed by atoms with Crippen LogP contribution in [0.2, 0.25) is 0 Å². The smallest absolute Gasteiger partial charge is 0.251 e. The molecule has 3 heterocycles. The van der Waals surface area contributed by atoms with Gasteiger partial charge in [-0.3, -0.25) is 14.4 Å². The predicted octanol–water partition coefficient (Wildman–Crippen LogP) is 5.92. The van der Waals surface area contributed by atoms with E-state index in [0.29, 0.717) is 24.5 Å². The normalized spacial score (nSPS) is 26.7. The van der Waals surface area contributed by atoms with Gasteiger partial charge < -0.3 is 24.5 Å². The van der Waals surface area contributed by atoms with Crippen LogP contribution in [0.25, 0.3) is 0 Å². The van der Waals surface area contributed by atoms with Gasteiger partial charge in [0.05, 0.1) is 35.8 Å². The highest BCUT2D eigenvalue weighted by Gasteiger charge is 2.76. The lowest BCUT2D eigenvalue weighted by atomic mass is 9.70. The molecule has 2 aromatic carbocycles. The Labute approximate surface area is 291 Å². The van der Waals surface area contributed by atoms with Gasteiger partial charge in [-0.25, -0.2) is 0 Å². The van der Waals surface area contributed by atoms with Gasteiger partial charge in [0, 0.05) is 34.5 Å². The molecule has 3 unspecified atom stereocenters.